The topological polar surface area (TPSA) is 83.9 Å². The van der Waals surface area contributed by atoms with Crippen molar-refractivity contribution in [3.8, 4) is 5.75 Å². The summed E-state index contributed by atoms with van der Waals surface area (Å²) < 4.78 is 5.11. The molecule has 1 saturated heterocycles. The average Bonchev–Trinajstić information content (AvgIpc) is 2.88. The lowest BCUT2D eigenvalue weighted by Crippen LogP contribution is -2.27. The van der Waals surface area contributed by atoms with Crippen LogP contribution in [-0.2, 0) is 9.59 Å². The van der Waals surface area contributed by atoms with E-state index < -0.39 is 23.7 Å². The molecule has 1 aliphatic rings. The Hall–Kier alpha value is -2.77. The molecule has 0 aliphatic carbocycles. The molecule has 8 heteroatoms. The molecule has 0 spiro atoms. The molecule has 3 rings (SSSR count). The predicted octanol–water partition coefficient (Wildman–Crippen LogP) is 4.04. The Labute approximate surface area is 158 Å². The number of aliphatic carboxylic acids is 1. The monoisotopic (exact) mass is 389 g/mol. The molecule has 0 radical (unpaired) electrons. The highest BCUT2D eigenvalue weighted by molar-refractivity contribution is 8.19. The number of hydrogen-bond donors (Lipinski definition) is 1. The van der Waals surface area contributed by atoms with Crippen molar-refractivity contribution in [3.63, 3.8) is 0 Å². The molecule has 0 atom stereocenters. The van der Waals surface area contributed by atoms with E-state index >= 15 is 0 Å². The Morgan fingerprint density at radius 3 is 2.62 bits per heavy atom. The first-order valence-electron chi connectivity index (χ1n) is 7.42. The van der Waals surface area contributed by atoms with Gasteiger partial charge in [0.25, 0.3) is 11.1 Å². The summed E-state index contributed by atoms with van der Waals surface area (Å²) >= 11 is 6.66. The van der Waals surface area contributed by atoms with Crippen LogP contribution < -0.4 is 9.64 Å². The Morgan fingerprint density at radius 2 is 1.92 bits per heavy atom. The maximum Gasteiger partial charge on any atom is 0.341 e. The number of imide groups is 1. The quantitative estimate of drug-likeness (QED) is 0.777. The lowest BCUT2D eigenvalue weighted by Gasteiger charge is -2.12. The van der Waals surface area contributed by atoms with E-state index in [9.17, 15) is 14.4 Å². The highest BCUT2D eigenvalue weighted by Gasteiger charge is 2.36. The third-order valence-electron chi connectivity index (χ3n) is 3.40. The molecular weight excluding hydrogens is 378 g/mol. The van der Waals surface area contributed by atoms with E-state index in [1.807, 2.05) is 0 Å². The van der Waals surface area contributed by atoms with Crippen LogP contribution in [0, 0.1) is 0 Å². The van der Waals surface area contributed by atoms with Crippen molar-refractivity contribution in [2.24, 2.45) is 0 Å². The zero-order valence-electron chi connectivity index (χ0n) is 13.2. The van der Waals surface area contributed by atoms with Crippen molar-refractivity contribution in [3.05, 3.63) is 64.0 Å². The molecule has 2 amide bonds. The molecule has 26 heavy (non-hydrogen) atoms. The largest absolute Gasteiger partial charge is 0.482 e. The smallest absolute Gasteiger partial charge is 0.341 e. The lowest BCUT2D eigenvalue weighted by molar-refractivity contribution is -0.139. The van der Waals surface area contributed by atoms with Crippen LogP contribution in [-0.4, -0.2) is 28.8 Å². The number of anilines is 1. The van der Waals surface area contributed by atoms with Gasteiger partial charge >= 0.3 is 5.97 Å². The van der Waals surface area contributed by atoms with Crippen molar-refractivity contribution < 1.29 is 24.2 Å². The molecule has 1 N–H and O–H groups in total. The molecule has 0 bridgehead atoms. The fraction of sp³-hybridized carbons (Fsp3) is 0.0556. The number of benzene rings is 2. The normalized spacial score (nSPS) is 15.6. The van der Waals surface area contributed by atoms with E-state index in [0.717, 1.165) is 16.7 Å². The van der Waals surface area contributed by atoms with Crippen molar-refractivity contribution in [1.29, 1.82) is 0 Å². The molecule has 0 aromatic heterocycles. The second kappa shape index (κ2) is 7.63. The highest BCUT2D eigenvalue weighted by Crippen LogP contribution is 2.36. The van der Waals surface area contributed by atoms with Crippen LogP contribution in [0.2, 0.25) is 5.02 Å². The second-order valence-electron chi connectivity index (χ2n) is 5.25. The number of carbonyl (C=O) groups is 3. The summed E-state index contributed by atoms with van der Waals surface area (Å²) in [7, 11) is 0. The minimum absolute atomic E-state index is 0.264. The fourth-order valence-corrected chi connectivity index (χ4v) is 3.24. The highest BCUT2D eigenvalue weighted by atomic mass is 35.5. The zero-order valence-corrected chi connectivity index (χ0v) is 14.8. The number of carboxylic acids is 1. The van der Waals surface area contributed by atoms with Gasteiger partial charge < -0.3 is 9.84 Å². The maximum atomic E-state index is 12.6. The summed E-state index contributed by atoms with van der Waals surface area (Å²) in [4.78, 5) is 36.7. The van der Waals surface area contributed by atoms with Gasteiger partial charge in [0.1, 0.15) is 5.75 Å². The van der Waals surface area contributed by atoms with Crippen LogP contribution in [0.25, 0.3) is 6.08 Å². The first-order valence-corrected chi connectivity index (χ1v) is 8.61. The summed E-state index contributed by atoms with van der Waals surface area (Å²) in [6.45, 7) is -0.462. The number of hydrogen-bond acceptors (Lipinski definition) is 5. The zero-order chi connectivity index (χ0) is 18.7. The predicted molar refractivity (Wildman–Crippen MR) is 99.5 cm³/mol. The van der Waals surface area contributed by atoms with Gasteiger partial charge in [0, 0.05) is 5.02 Å². The maximum absolute atomic E-state index is 12.6. The molecule has 2 aromatic carbocycles. The van der Waals surface area contributed by atoms with Crippen LogP contribution in [0.1, 0.15) is 5.56 Å². The summed E-state index contributed by atoms with van der Waals surface area (Å²) in [5.41, 5.74) is 1.06. The molecule has 0 unspecified atom stereocenters. The number of ether oxygens (including phenoxy) is 1. The molecular formula is C18H12ClNO5S. The van der Waals surface area contributed by atoms with Crippen molar-refractivity contribution in [2.45, 2.75) is 0 Å². The van der Waals surface area contributed by atoms with Gasteiger partial charge in [-0.15, -0.1) is 0 Å². The molecule has 132 valence electrons. The molecule has 1 fully saturated rings. The average molecular weight is 390 g/mol. The van der Waals surface area contributed by atoms with Crippen LogP contribution in [0.5, 0.6) is 5.75 Å². The summed E-state index contributed by atoms with van der Waals surface area (Å²) in [5, 5.41) is 8.76. The first kappa shape index (κ1) is 18.0. The number of carbonyl (C=O) groups excluding carboxylic acids is 2. The van der Waals surface area contributed by atoms with Gasteiger partial charge in [-0.25, -0.2) is 9.69 Å². The summed E-state index contributed by atoms with van der Waals surface area (Å²) in [6.07, 6.45) is 1.56. The van der Waals surface area contributed by atoms with Crippen LogP contribution >= 0.6 is 23.4 Å². The van der Waals surface area contributed by atoms with Crippen molar-refractivity contribution in [2.75, 3.05) is 11.5 Å². The number of carboxylic acid groups (broad SMARTS) is 1. The van der Waals surface area contributed by atoms with Gasteiger partial charge in [0.15, 0.2) is 6.61 Å². The third kappa shape index (κ3) is 4.07. The van der Waals surface area contributed by atoms with E-state index in [1.165, 1.54) is 0 Å². The second-order valence-corrected chi connectivity index (χ2v) is 6.68. The number of thioether (sulfide) groups is 1. The minimum Gasteiger partial charge on any atom is -0.482 e. The molecule has 0 saturated carbocycles. The Balaban J connectivity index is 1.82. The summed E-state index contributed by atoms with van der Waals surface area (Å²) in [6, 6.07) is 13.0. The first-order chi connectivity index (χ1) is 12.4. The van der Waals surface area contributed by atoms with Gasteiger partial charge in [-0.2, -0.15) is 0 Å². The SMILES string of the molecule is O=C(O)COc1cccc(/C=C2/SC(=O)N(c3ccc(Cl)cc3)C2=O)c1. The van der Waals surface area contributed by atoms with Crippen LogP contribution in [0.15, 0.2) is 53.4 Å². The van der Waals surface area contributed by atoms with E-state index in [0.29, 0.717) is 22.0 Å². The number of amides is 2. The molecule has 6 nitrogen and oxygen atoms in total. The number of rotatable bonds is 5. The third-order valence-corrected chi connectivity index (χ3v) is 4.52. The minimum atomic E-state index is -1.08. The van der Waals surface area contributed by atoms with Crippen LogP contribution in [0.3, 0.4) is 0 Å². The summed E-state index contributed by atoms with van der Waals surface area (Å²) in [5.74, 6) is -1.16. The van der Waals surface area contributed by atoms with E-state index in [2.05, 4.69) is 0 Å². The van der Waals surface area contributed by atoms with E-state index in [1.54, 1.807) is 54.6 Å². The number of nitrogens with zero attached hydrogens (tertiary/aromatic N) is 1. The number of halogens is 1. The van der Waals surface area contributed by atoms with Gasteiger partial charge in [0.05, 0.1) is 10.6 Å². The molecule has 2 aromatic rings. The lowest BCUT2D eigenvalue weighted by atomic mass is 10.2. The Morgan fingerprint density at radius 1 is 1.19 bits per heavy atom. The molecule has 1 aliphatic heterocycles. The molecule has 1 heterocycles. The van der Waals surface area contributed by atoms with Gasteiger partial charge in [-0.05, 0) is 59.8 Å². The van der Waals surface area contributed by atoms with Crippen LogP contribution in [0.4, 0.5) is 10.5 Å². The van der Waals surface area contributed by atoms with Crippen molar-refractivity contribution in [1.82, 2.24) is 0 Å². The fourth-order valence-electron chi connectivity index (χ4n) is 2.27. The standard InChI is InChI=1S/C18H12ClNO5S/c19-12-4-6-13(7-5-12)20-17(23)15(26-18(20)24)9-11-2-1-3-14(8-11)25-10-16(21)22/h1-9H,10H2,(H,21,22)/b15-9+. The van der Waals surface area contributed by atoms with Gasteiger partial charge in [-0.3, -0.25) is 9.59 Å². The van der Waals surface area contributed by atoms with E-state index in [4.69, 9.17) is 21.4 Å². The Kier molecular flexibility index (Phi) is 5.29. The van der Waals surface area contributed by atoms with E-state index in [-0.39, 0.29) is 4.91 Å². The van der Waals surface area contributed by atoms with Crippen molar-refractivity contribution >= 4 is 52.2 Å². The van der Waals surface area contributed by atoms with Gasteiger partial charge in [-0.1, -0.05) is 23.7 Å². The van der Waals surface area contributed by atoms with Gasteiger partial charge in [0.2, 0.25) is 0 Å². The Bertz CT molecular complexity index is 910.